The maximum absolute atomic E-state index is 13.9. The molecule has 80 valence electrons. The molecule has 0 aliphatic heterocycles. The van der Waals surface area contributed by atoms with Crippen LogP contribution in [0.4, 0.5) is 4.39 Å². The van der Waals surface area contributed by atoms with Crippen molar-refractivity contribution in [3.05, 3.63) is 6.42 Å². The molecule has 1 fully saturated rings. The zero-order valence-corrected chi connectivity index (χ0v) is 12.2. The SMILES string of the molecule is CCCCCC1(F)CC[CH-]CC1.[Br-].[Mg+2]. The molecule has 0 atom stereocenters. The first-order valence-electron chi connectivity index (χ1n) is 5.27. The Morgan fingerprint density at radius 3 is 2.29 bits per heavy atom. The molecule has 0 aromatic heterocycles. The molecule has 0 heterocycles. The minimum absolute atomic E-state index is 0. The Morgan fingerprint density at radius 1 is 1.21 bits per heavy atom. The van der Waals surface area contributed by atoms with Crippen molar-refractivity contribution in [2.45, 2.75) is 64.0 Å². The molecule has 1 aliphatic carbocycles. The van der Waals surface area contributed by atoms with Gasteiger partial charge in [-0.2, -0.15) is 12.8 Å². The van der Waals surface area contributed by atoms with Gasteiger partial charge in [0.2, 0.25) is 0 Å². The first kappa shape index (κ1) is 17.6. The van der Waals surface area contributed by atoms with Gasteiger partial charge < -0.3 is 23.4 Å². The second-order valence-electron chi connectivity index (χ2n) is 3.97. The van der Waals surface area contributed by atoms with Crippen molar-refractivity contribution < 1.29 is 21.4 Å². The van der Waals surface area contributed by atoms with Crippen molar-refractivity contribution in [1.82, 2.24) is 0 Å². The predicted octanol–water partition coefficient (Wildman–Crippen LogP) is 0.676. The van der Waals surface area contributed by atoms with Gasteiger partial charge in [-0.05, 0) is 19.3 Å². The molecular weight excluding hydrogens is 255 g/mol. The fourth-order valence-electron chi connectivity index (χ4n) is 1.93. The van der Waals surface area contributed by atoms with E-state index in [1.807, 2.05) is 0 Å². The van der Waals surface area contributed by atoms with E-state index >= 15 is 0 Å². The van der Waals surface area contributed by atoms with Crippen LogP contribution in [0.1, 0.15) is 58.3 Å². The molecule has 0 aromatic rings. The van der Waals surface area contributed by atoms with Gasteiger partial charge in [0.15, 0.2) is 0 Å². The van der Waals surface area contributed by atoms with Gasteiger partial charge in [0, 0.05) is 0 Å². The predicted molar refractivity (Wildman–Crippen MR) is 56.5 cm³/mol. The quantitative estimate of drug-likeness (QED) is 0.402. The van der Waals surface area contributed by atoms with Crippen LogP contribution in [0, 0.1) is 6.42 Å². The molecule has 0 spiro atoms. The van der Waals surface area contributed by atoms with Gasteiger partial charge in [0.05, 0.1) is 0 Å². The molecule has 0 bridgehead atoms. The van der Waals surface area contributed by atoms with E-state index in [0.29, 0.717) is 0 Å². The summed E-state index contributed by atoms with van der Waals surface area (Å²) in [6, 6.07) is 0. The Kier molecular flexibility index (Phi) is 11.8. The smallest absolute Gasteiger partial charge is 1.00 e. The maximum atomic E-state index is 13.9. The van der Waals surface area contributed by atoms with Crippen molar-refractivity contribution in [1.29, 1.82) is 0 Å². The fraction of sp³-hybridized carbons (Fsp3) is 0.909. The first-order chi connectivity index (χ1) is 5.77. The molecule has 1 saturated carbocycles. The molecule has 0 saturated heterocycles. The van der Waals surface area contributed by atoms with Gasteiger partial charge in [-0.15, -0.1) is 0 Å². The van der Waals surface area contributed by atoms with E-state index in [1.54, 1.807) is 0 Å². The molecule has 0 amide bonds. The number of hydrogen-bond acceptors (Lipinski definition) is 0. The molecule has 3 heteroatoms. The molecule has 0 nitrogen and oxygen atoms in total. The van der Waals surface area contributed by atoms with E-state index in [2.05, 4.69) is 13.3 Å². The van der Waals surface area contributed by atoms with E-state index in [4.69, 9.17) is 0 Å². The minimum atomic E-state index is -0.802. The molecule has 0 radical (unpaired) electrons. The van der Waals surface area contributed by atoms with Crippen LogP contribution in [0.2, 0.25) is 0 Å². The Morgan fingerprint density at radius 2 is 1.79 bits per heavy atom. The van der Waals surface area contributed by atoms with Gasteiger partial charge >= 0.3 is 23.1 Å². The monoisotopic (exact) mass is 274 g/mol. The fourth-order valence-corrected chi connectivity index (χ4v) is 1.93. The summed E-state index contributed by atoms with van der Waals surface area (Å²) >= 11 is 0. The Labute approximate surface area is 114 Å². The number of unbranched alkanes of at least 4 members (excludes halogenated alkanes) is 2. The van der Waals surface area contributed by atoms with Crippen molar-refractivity contribution in [3.63, 3.8) is 0 Å². The molecular formula is C11H20BrFMg. The van der Waals surface area contributed by atoms with Crippen LogP contribution >= 0.6 is 0 Å². The van der Waals surface area contributed by atoms with Gasteiger partial charge in [0.25, 0.3) is 0 Å². The van der Waals surface area contributed by atoms with Crippen LogP contribution in [0.15, 0.2) is 0 Å². The number of rotatable bonds is 4. The van der Waals surface area contributed by atoms with E-state index in [0.717, 1.165) is 38.5 Å². The largest absolute Gasteiger partial charge is 2.00 e. The van der Waals surface area contributed by atoms with E-state index in [1.165, 1.54) is 12.8 Å². The summed E-state index contributed by atoms with van der Waals surface area (Å²) in [5, 5.41) is 0. The van der Waals surface area contributed by atoms with Crippen LogP contribution in [0.5, 0.6) is 0 Å². The van der Waals surface area contributed by atoms with E-state index < -0.39 is 5.67 Å². The summed E-state index contributed by atoms with van der Waals surface area (Å²) in [5.41, 5.74) is -0.802. The van der Waals surface area contributed by atoms with Crippen molar-refractivity contribution in [3.8, 4) is 0 Å². The molecule has 0 aromatic carbocycles. The third-order valence-electron chi connectivity index (χ3n) is 2.82. The first-order valence-corrected chi connectivity index (χ1v) is 5.27. The molecule has 0 N–H and O–H groups in total. The second-order valence-corrected chi connectivity index (χ2v) is 3.97. The topological polar surface area (TPSA) is 0 Å². The minimum Gasteiger partial charge on any atom is -1.00 e. The van der Waals surface area contributed by atoms with Crippen molar-refractivity contribution in [2.75, 3.05) is 0 Å². The Balaban J connectivity index is 0. The number of halogens is 2. The second kappa shape index (κ2) is 9.41. The Hall–Kier alpha value is 1.18. The standard InChI is InChI=1S/C11H20F.BrH.Mg/c1-2-3-5-8-11(12)9-6-4-7-10-11;;/h4H,2-3,5-10H2,1H3;1H;/q-1;;+2/p-1. The summed E-state index contributed by atoms with van der Waals surface area (Å²) in [4.78, 5) is 0. The van der Waals surface area contributed by atoms with Gasteiger partial charge in [0.1, 0.15) is 5.67 Å². The third-order valence-corrected chi connectivity index (χ3v) is 2.82. The normalized spacial score (nSPS) is 19.3. The average Bonchev–Trinajstić information content (AvgIpc) is 2.06. The third kappa shape index (κ3) is 6.62. The van der Waals surface area contributed by atoms with Crippen LogP contribution < -0.4 is 17.0 Å². The summed E-state index contributed by atoms with van der Waals surface area (Å²) in [6.07, 6.45) is 10.0. The summed E-state index contributed by atoms with van der Waals surface area (Å²) < 4.78 is 13.9. The van der Waals surface area contributed by atoms with Crippen LogP contribution in [0.25, 0.3) is 0 Å². The van der Waals surface area contributed by atoms with E-state index in [-0.39, 0.29) is 40.0 Å². The average molecular weight is 275 g/mol. The molecule has 1 rings (SSSR count). The van der Waals surface area contributed by atoms with Crippen LogP contribution in [-0.4, -0.2) is 28.7 Å². The number of alkyl halides is 1. The zero-order valence-electron chi connectivity index (χ0n) is 9.20. The van der Waals surface area contributed by atoms with Gasteiger partial charge in [-0.1, -0.05) is 26.2 Å². The summed E-state index contributed by atoms with van der Waals surface area (Å²) in [7, 11) is 0. The van der Waals surface area contributed by atoms with Crippen LogP contribution in [0.3, 0.4) is 0 Å². The van der Waals surface area contributed by atoms with Gasteiger partial charge in [-0.3, -0.25) is 0 Å². The molecule has 14 heavy (non-hydrogen) atoms. The number of hydrogen-bond donors (Lipinski definition) is 0. The van der Waals surface area contributed by atoms with Crippen LogP contribution in [-0.2, 0) is 0 Å². The molecule has 0 unspecified atom stereocenters. The summed E-state index contributed by atoms with van der Waals surface area (Å²) in [5.74, 6) is 0. The zero-order chi connectivity index (χ0) is 8.86. The maximum Gasteiger partial charge on any atom is 2.00 e. The summed E-state index contributed by atoms with van der Waals surface area (Å²) in [6.45, 7) is 2.17. The van der Waals surface area contributed by atoms with E-state index in [9.17, 15) is 4.39 Å². The molecule has 1 aliphatic rings. The Bertz CT molecular complexity index is 124. The van der Waals surface area contributed by atoms with Crippen molar-refractivity contribution in [2.24, 2.45) is 0 Å². The van der Waals surface area contributed by atoms with Crippen molar-refractivity contribution >= 4 is 23.1 Å². The van der Waals surface area contributed by atoms with Gasteiger partial charge in [-0.25, -0.2) is 4.39 Å².